The summed E-state index contributed by atoms with van der Waals surface area (Å²) in [6, 6.07) is 0. The Bertz CT molecular complexity index is 374. The lowest BCUT2D eigenvalue weighted by Gasteiger charge is -2.17. The van der Waals surface area contributed by atoms with Crippen molar-refractivity contribution in [2.45, 2.75) is 59.9 Å². The monoisotopic (exact) mass is 285 g/mol. The molecule has 0 bridgehead atoms. The fourth-order valence-electron chi connectivity index (χ4n) is 2.50. The Labute approximate surface area is 122 Å². The van der Waals surface area contributed by atoms with Gasteiger partial charge in [0.15, 0.2) is 0 Å². The summed E-state index contributed by atoms with van der Waals surface area (Å²) in [5.41, 5.74) is 2.16. The van der Waals surface area contributed by atoms with Crippen LogP contribution in [0.25, 0.3) is 0 Å². The van der Waals surface area contributed by atoms with Crippen LogP contribution in [0.1, 0.15) is 51.4 Å². The van der Waals surface area contributed by atoms with Crippen LogP contribution in [0.5, 0.6) is 0 Å². The van der Waals surface area contributed by atoms with Crippen LogP contribution in [-0.2, 0) is 13.0 Å². The quantitative estimate of drug-likeness (QED) is 0.699. The summed E-state index contributed by atoms with van der Waals surface area (Å²) >= 11 is 6.39. The number of hydrogen-bond donors (Lipinski definition) is 1. The van der Waals surface area contributed by atoms with Gasteiger partial charge in [0.05, 0.1) is 16.4 Å². The number of halogens is 1. The fourth-order valence-corrected chi connectivity index (χ4v) is 2.72. The molecule has 0 amide bonds. The lowest BCUT2D eigenvalue weighted by molar-refractivity contribution is 0.425. The first-order valence-electron chi connectivity index (χ1n) is 7.56. The van der Waals surface area contributed by atoms with Gasteiger partial charge >= 0.3 is 0 Å². The van der Waals surface area contributed by atoms with E-state index in [1.807, 2.05) is 6.92 Å². The van der Waals surface area contributed by atoms with Crippen molar-refractivity contribution in [3.05, 3.63) is 16.4 Å². The maximum absolute atomic E-state index is 6.39. The fraction of sp³-hybridized carbons (Fsp3) is 0.800. The summed E-state index contributed by atoms with van der Waals surface area (Å²) < 4.78 is 2.06. The average Bonchev–Trinajstić information content (AvgIpc) is 2.67. The van der Waals surface area contributed by atoms with Gasteiger partial charge in [0.1, 0.15) is 0 Å². The molecule has 0 aliphatic heterocycles. The van der Waals surface area contributed by atoms with Crippen LogP contribution < -0.4 is 5.32 Å². The van der Waals surface area contributed by atoms with Gasteiger partial charge in [-0.05, 0) is 52.1 Å². The molecule has 0 aliphatic rings. The van der Waals surface area contributed by atoms with Gasteiger partial charge in [0.25, 0.3) is 0 Å². The first-order valence-corrected chi connectivity index (χ1v) is 7.94. The Morgan fingerprint density at radius 2 is 2.00 bits per heavy atom. The van der Waals surface area contributed by atoms with E-state index in [4.69, 9.17) is 11.6 Å². The molecule has 0 aliphatic carbocycles. The Morgan fingerprint density at radius 3 is 2.58 bits per heavy atom. The van der Waals surface area contributed by atoms with E-state index in [2.05, 4.69) is 35.9 Å². The highest BCUT2D eigenvalue weighted by atomic mass is 35.5. The topological polar surface area (TPSA) is 29.9 Å². The molecular formula is C15H28ClN3. The normalized spacial score (nSPS) is 12.9. The second-order valence-electron chi connectivity index (χ2n) is 5.22. The Balaban J connectivity index is 2.72. The largest absolute Gasteiger partial charge is 0.316 e. The van der Waals surface area contributed by atoms with Crippen molar-refractivity contribution in [3.63, 3.8) is 0 Å². The van der Waals surface area contributed by atoms with Gasteiger partial charge < -0.3 is 5.32 Å². The molecular weight excluding hydrogens is 258 g/mol. The van der Waals surface area contributed by atoms with Gasteiger partial charge in [-0.25, -0.2) is 0 Å². The van der Waals surface area contributed by atoms with Crippen LogP contribution in [0, 0.1) is 12.8 Å². The number of nitrogens with one attached hydrogen (secondary N) is 1. The minimum Gasteiger partial charge on any atom is -0.316 e. The van der Waals surface area contributed by atoms with E-state index in [0.717, 1.165) is 36.8 Å². The maximum atomic E-state index is 6.39. The molecule has 0 saturated carbocycles. The van der Waals surface area contributed by atoms with Gasteiger partial charge in [-0.1, -0.05) is 31.9 Å². The van der Waals surface area contributed by atoms with E-state index in [0.29, 0.717) is 5.92 Å². The molecule has 1 aromatic rings. The molecule has 0 spiro atoms. The molecule has 19 heavy (non-hydrogen) atoms. The highest BCUT2D eigenvalue weighted by molar-refractivity contribution is 6.31. The lowest BCUT2D eigenvalue weighted by Crippen LogP contribution is -2.25. The van der Waals surface area contributed by atoms with E-state index in [9.17, 15) is 0 Å². The SMILES string of the molecule is CCCNCC(CCC)Cc1c(Cl)c(C)nn1CC. The van der Waals surface area contributed by atoms with Gasteiger partial charge in [-0.2, -0.15) is 5.10 Å². The van der Waals surface area contributed by atoms with E-state index >= 15 is 0 Å². The number of rotatable bonds is 9. The van der Waals surface area contributed by atoms with E-state index < -0.39 is 0 Å². The maximum Gasteiger partial charge on any atom is 0.0847 e. The van der Waals surface area contributed by atoms with Gasteiger partial charge in [0.2, 0.25) is 0 Å². The van der Waals surface area contributed by atoms with Crippen molar-refractivity contribution in [2.75, 3.05) is 13.1 Å². The zero-order valence-electron chi connectivity index (χ0n) is 12.8. The summed E-state index contributed by atoms with van der Waals surface area (Å²) in [7, 11) is 0. The summed E-state index contributed by atoms with van der Waals surface area (Å²) in [6.45, 7) is 11.6. The molecule has 3 nitrogen and oxygen atoms in total. The molecule has 1 unspecified atom stereocenters. The Hall–Kier alpha value is -0.540. The van der Waals surface area contributed by atoms with Crippen molar-refractivity contribution in [3.8, 4) is 0 Å². The predicted molar refractivity (Wildman–Crippen MR) is 82.9 cm³/mol. The second kappa shape index (κ2) is 8.60. The first kappa shape index (κ1) is 16.5. The summed E-state index contributed by atoms with van der Waals surface area (Å²) in [5.74, 6) is 0.649. The highest BCUT2D eigenvalue weighted by Gasteiger charge is 2.17. The molecule has 0 aromatic carbocycles. The summed E-state index contributed by atoms with van der Waals surface area (Å²) in [5, 5.41) is 8.89. The van der Waals surface area contributed by atoms with Gasteiger partial charge in [0, 0.05) is 6.54 Å². The van der Waals surface area contributed by atoms with Crippen LogP contribution in [0.2, 0.25) is 5.02 Å². The first-order chi connectivity index (χ1) is 9.13. The zero-order chi connectivity index (χ0) is 14.3. The van der Waals surface area contributed by atoms with Crippen LogP contribution in [0.4, 0.5) is 0 Å². The third kappa shape index (κ3) is 4.81. The Morgan fingerprint density at radius 1 is 1.26 bits per heavy atom. The van der Waals surface area contributed by atoms with Crippen LogP contribution in [-0.4, -0.2) is 22.9 Å². The second-order valence-corrected chi connectivity index (χ2v) is 5.60. The molecule has 0 saturated heterocycles. The van der Waals surface area contributed by atoms with Gasteiger partial charge in [-0.3, -0.25) is 4.68 Å². The Kier molecular flexibility index (Phi) is 7.47. The molecule has 1 rings (SSSR count). The molecule has 1 heterocycles. The minimum absolute atomic E-state index is 0.649. The zero-order valence-corrected chi connectivity index (χ0v) is 13.6. The van der Waals surface area contributed by atoms with Crippen LogP contribution >= 0.6 is 11.6 Å². The lowest BCUT2D eigenvalue weighted by atomic mass is 9.97. The van der Waals surface area contributed by atoms with Crippen molar-refractivity contribution >= 4 is 11.6 Å². The van der Waals surface area contributed by atoms with E-state index in [1.54, 1.807) is 0 Å². The average molecular weight is 286 g/mol. The summed E-state index contributed by atoms with van der Waals surface area (Å²) in [6.07, 6.45) is 4.67. The van der Waals surface area contributed by atoms with Crippen molar-refractivity contribution in [2.24, 2.45) is 5.92 Å². The third-order valence-corrected chi connectivity index (χ3v) is 3.98. The smallest absolute Gasteiger partial charge is 0.0847 e. The van der Waals surface area contributed by atoms with Crippen LogP contribution in [0.15, 0.2) is 0 Å². The van der Waals surface area contributed by atoms with Crippen LogP contribution in [0.3, 0.4) is 0 Å². The molecule has 110 valence electrons. The van der Waals surface area contributed by atoms with Crippen molar-refractivity contribution in [1.29, 1.82) is 0 Å². The third-order valence-electron chi connectivity index (χ3n) is 3.49. The highest BCUT2D eigenvalue weighted by Crippen LogP contribution is 2.24. The molecule has 4 heteroatoms. The van der Waals surface area contributed by atoms with E-state index in [-0.39, 0.29) is 0 Å². The molecule has 0 fully saturated rings. The number of aryl methyl sites for hydroxylation is 2. The summed E-state index contributed by atoms with van der Waals surface area (Å²) in [4.78, 5) is 0. The van der Waals surface area contributed by atoms with Gasteiger partial charge in [-0.15, -0.1) is 0 Å². The number of nitrogens with zero attached hydrogens (tertiary/aromatic N) is 2. The molecule has 0 radical (unpaired) electrons. The molecule has 1 N–H and O–H groups in total. The number of aromatic nitrogens is 2. The minimum atomic E-state index is 0.649. The van der Waals surface area contributed by atoms with E-state index in [1.165, 1.54) is 25.0 Å². The van der Waals surface area contributed by atoms with Crippen molar-refractivity contribution < 1.29 is 0 Å². The standard InChI is InChI=1S/C15H28ClN3/c1-5-8-13(11-17-9-6-2)10-14-15(16)12(4)18-19(14)7-3/h13,17H,5-11H2,1-4H3. The molecule has 1 aromatic heterocycles. The van der Waals surface area contributed by atoms with Crippen molar-refractivity contribution in [1.82, 2.24) is 15.1 Å². The number of hydrogen-bond acceptors (Lipinski definition) is 2. The predicted octanol–water partition coefficient (Wildman–Crippen LogP) is 3.82. The molecule has 1 atom stereocenters.